The molecule has 3 rings (SSSR count). The van der Waals surface area contributed by atoms with Gasteiger partial charge in [0.2, 0.25) is 11.8 Å². The molecule has 1 saturated carbocycles. The van der Waals surface area contributed by atoms with Gasteiger partial charge in [-0.05, 0) is 43.9 Å². The maximum absolute atomic E-state index is 12.6. The first-order valence-corrected chi connectivity index (χ1v) is 12.2. The molecule has 0 bridgehead atoms. The van der Waals surface area contributed by atoms with Gasteiger partial charge in [0.15, 0.2) is 0 Å². The second kappa shape index (κ2) is 9.14. The fourth-order valence-corrected chi connectivity index (χ4v) is 6.06. The molecule has 0 saturated heterocycles. The number of nitrogens with one attached hydrogen (secondary N) is 2. The number of thiazole rings is 2. The molecular formula is C22H32N4O2S2. The highest BCUT2D eigenvalue weighted by molar-refractivity contribution is 7.09. The molecule has 0 aliphatic heterocycles. The second-order valence-electron chi connectivity index (χ2n) is 9.67. The van der Waals surface area contributed by atoms with Crippen LogP contribution in [-0.4, -0.2) is 34.4 Å². The molecule has 2 aromatic rings. The highest BCUT2D eigenvalue weighted by Crippen LogP contribution is 2.45. The average Bonchev–Trinajstić information content (AvgIpc) is 3.19. The number of hydrogen-bond acceptors (Lipinski definition) is 6. The van der Waals surface area contributed by atoms with Crippen molar-refractivity contribution in [3.05, 3.63) is 32.2 Å². The van der Waals surface area contributed by atoms with Crippen LogP contribution in [0.15, 0.2) is 10.8 Å². The Balaban J connectivity index is 1.55. The lowest BCUT2D eigenvalue weighted by Gasteiger charge is -2.47. The molecule has 2 atom stereocenters. The minimum Gasteiger partial charge on any atom is -0.355 e. The summed E-state index contributed by atoms with van der Waals surface area (Å²) in [6.07, 6.45) is 3.44. The monoisotopic (exact) mass is 448 g/mol. The molecule has 1 aliphatic rings. The van der Waals surface area contributed by atoms with Crippen LogP contribution in [0.4, 0.5) is 0 Å². The topological polar surface area (TPSA) is 84.0 Å². The highest BCUT2D eigenvalue weighted by atomic mass is 32.1. The van der Waals surface area contributed by atoms with Crippen molar-refractivity contribution < 1.29 is 9.59 Å². The van der Waals surface area contributed by atoms with E-state index in [1.54, 1.807) is 22.7 Å². The number of carbonyl (C=O) groups is 2. The molecule has 30 heavy (non-hydrogen) atoms. The third kappa shape index (κ3) is 6.60. The summed E-state index contributed by atoms with van der Waals surface area (Å²) in [5.41, 5.74) is 1.69. The molecule has 2 heterocycles. The molecule has 0 radical (unpaired) electrons. The van der Waals surface area contributed by atoms with E-state index in [-0.39, 0.29) is 28.7 Å². The predicted molar refractivity (Wildman–Crippen MR) is 122 cm³/mol. The molecule has 2 aromatic heterocycles. The Morgan fingerprint density at radius 2 is 1.57 bits per heavy atom. The summed E-state index contributed by atoms with van der Waals surface area (Å²) in [5.74, 6) is 0.0256. The number of nitrogens with zero attached hydrogens (tertiary/aromatic N) is 2. The molecule has 0 aromatic carbocycles. The maximum atomic E-state index is 12.6. The van der Waals surface area contributed by atoms with Crippen molar-refractivity contribution in [1.82, 2.24) is 20.6 Å². The zero-order valence-corrected chi connectivity index (χ0v) is 20.1. The lowest BCUT2D eigenvalue weighted by Crippen LogP contribution is -2.50. The van der Waals surface area contributed by atoms with Gasteiger partial charge in [-0.15, -0.1) is 22.7 Å². The van der Waals surface area contributed by atoms with E-state index in [2.05, 4.69) is 41.4 Å². The molecule has 0 spiro atoms. The number of aryl methyl sites for hydroxylation is 2. The van der Waals surface area contributed by atoms with Crippen LogP contribution >= 0.6 is 22.7 Å². The number of carbonyl (C=O) groups excluding carboxylic acids is 2. The van der Waals surface area contributed by atoms with Gasteiger partial charge in [-0.2, -0.15) is 0 Å². The second-order valence-corrected chi connectivity index (χ2v) is 11.8. The Hall–Kier alpha value is -1.80. The SMILES string of the molecule is Cc1nc(CC(=O)NC[C@@]2(C)C[C@H](NC(=O)Cc3csc(C)n3)CC(C)(C)C2)cs1. The van der Waals surface area contributed by atoms with Crippen molar-refractivity contribution in [3.8, 4) is 0 Å². The minimum atomic E-state index is -0.0649. The van der Waals surface area contributed by atoms with Crippen molar-refractivity contribution in [2.45, 2.75) is 72.8 Å². The van der Waals surface area contributed by atoms with Crippen molar-refractivity contribution >= 4 is 34.5 Å². The Kier molecular flexibility index (Phi) is 6.97. The van der Waals surface area contributed by atoms with E-state index in [0.29, 0.717) is 19.4 Å². The zero-order chi connectivity index (χ0) is 21.9. The van der Waals surface area contributed by atoms with Crippen molar-refractivity contribution in [2.24, 2.45) is 10.8 Å². The van der Waals surface area contributed by atoms with Gasteiger partial charge in [0.1, 0.15) is 0 Å². The van der Waals surface area contributed by atoms with Crippen LogP contribution in [0.25, 0.3) is 0 Å². The van der Waals surface area contributed by atoms with E-state index in [1.165, 1.54) is 0 Å². The maximum Gasteiger partial charge on any atom is 0.226 e. The standard InChI is InChI=1S/C22H32N4O2S2/c1-14-24-16(10-29-14)6-19(27)23-13-22(5)9-18(8-21(3,4)12-22)26-20(28)7-17-11-30-15(2)25-17/h10-11,18H,6-9,12-13H2,1-5H3,(H,23,27)(H,26,28)/t18-,22+/m1/s1. The summed E-state index contributed by atoms with van der Waals surface area (Å²) in [4.78, 5) is 33.7. The lowest BCUT2D eigenvalue weighted by molar-refractivity contribution is -0.123. The summed E-state index contributed by atoms with van der Waals surface area (Å²) < 4.78 is 0. The van der Waals surface area contributed by atoms with E-state index >= 15 is 0 Å². The van der Waals surface area contributed by atoms with E-state index in [9.17, 15) is 9.59 Å². The first-order valence-electron chi connectivity index (χ1n) is 10.4. The minimum absolute atomic E-state index is 0.00407. The zero-order valence-electron chi connectivity index (χ0n) is 18.5. The molecule has 0 unspecified atom stereocenters. The highest BCUT2D eigenvalue weighted by Gasteiger charge is 2.41. The summed E-state index contributed by atoms with van der Waals surface area (Å²) >= 11 is 3.13. The number of aromatic nitrogens is 2. The Bertz CT molecular complexity index is 905. The van der Waals surface area contributed by atoms with Crippen LogP contribution in [0.5, 0.6) is 0 Å². The molecule has 6 nitrogen and oxygen atoms in total. The van der Waals surface area contributed by atoms with Gasteiger partial charge < -0.3 is 10.6 Å². The van der Waals surface area contributed by atoms with E-state index in [4.69, 9.17) is 0 Å². The fraction of sp³-hybridized carbons (Fsp3) is 0.636. The van der Waals surface area contributed by atoms with Gasteiger partial charge in [0.05, 0.1) is 34.2 Å². The molecule has 2 N–H and O–H groups in total. The van der Waals surface area contributed by atoms with Crippen molar-refractivity contribution in [2.75, 3.05) is 6.54 Å². The predicted octanol–water partition coefficient (Wildman–Crippen LogP) is 3.82. The van der Waals surface area contributed by atoms with E-state index < -0.39 is 0 Å². The number of amides is 2. The average molecular weight is 449 g/mol. The Morgan fingerprint density at radius 3 is 2.10 bits per heavy atom. The van der Waals surface area contributed by atoms with Crippen LogP contribution < -0.4 is 10.6 Å². The third-order valence-electron chi connectivity index (χ3n) is 5.54. The molecule has 164 valence electrons. The summed E-state index contributed by atoms with van der Waals surface area (Å²) in [6, 6.07) is 0.101. The molecule has 1 fully saturated rings. The first-order chi connectivity index (χ1) is 14.0. The van der Waals surface area contributed by atoms with E-state index in [0.717, 1.165) is 40.7 Å². The largest absolute Gasteiger partial charge is 0.355 e. The van der Waals surface area contributed by atoms with Crippen LogP contribution in [0.3, 0.4) is 0 Å². The number of rotatable bonds is 7. The smallest absolute Gasteiger partial charge is 0.226 e. The van der Waals surface area contributed by atoms with Gasteiger partial charge in [-0.1, -0.05) is 20.8 Å². The summed E-state index contributed by atoms with van der Waals surface area (Å²) in [6.45, 7) is 11.2. The molecule has 1 aliphatic carbocycles. The van der Waals surface area contributed by atoms with Crippen LogP contribution in [0.2, 0.25) is 0 Å². The van der Waals surface area contributed by atoms with Gasteiger partial charge in [-0.3, -0.25) is 9.59 Å². The fourth-order valence-electron chi connectivity index (χ4n) is 4.83. The number of hydrogen-bond donors (Lipinski definition) is 2. The van der Waals surface area contributed by atoms with Gasteiger partial charge >= 0.3 is 0 Å². The van der Waals surface area contributed by atoms with Gasteiger partial charge in [-0.25, -0.2) is 9.97 Å². The van der Waals surface area contributed by atoms with Crippen molar-refractivity contribution in [1.29, 1.82) is 0 Å². The quantitative estimate of drug-likeness (QED) is 0.674. The lowest BCUT2D eigenvalue weighted by atomic mass is 9.62. The third-order valence-corrected chi connectivity index (χ3v) is 7.18. The first kappa shape index (κ1) is 22.9. The van der Waals surface area contributed by atoms with Crippen LogP contribution in [0.1, 0.15) is 61.4 Å². The van der Waals surface area contributed by atoms with Gasteiger partial charge in [0.25, 0.3) is 0 Å². The summed E-state index contributed by atoms with van der Waals surface area (Å²) in [5, 5.41) is 12.2. The van der Waals surface area contributed by atoms with Crippen molar-refractivity contribution in [3.63, 3.8) is 0 Å². The Labute approximate surface area is 186 Å². The van der Waals surface area contributed by atoms with E-state index in [1.807, 2.05) is 24.6 Å². The molecule has 8 heteroatoms. The summed E-state index contributed by atoms with van der Waals surface area (Å²) in [7, 11) is 0. The normalized spacial score (nSPS) is 23.2. The molecular weight excluding hydrogens is 416 g/mol. The molecule has 2 amide bonds. The Morgan fingerprint density at radius 1 is 1.00 bits per heavy atom. The van der Waals surface area contributed by atoms with Crippen LogP contribution in [0, 0.1) is 24.7 Å². The van der Waals surface area contributed by atoms with Crippen LogP contribution in [-0.2, 0) is 22.4 Å². The van der Waals surface area contributed by atoms with Gasteiger partial charge in [0, 0.05) is 23.3 Å².